The van der Waals surface area contributed by atoms with Crippen LogP contribution in [-0.4, -0.2) is 18.1 Å². The van der Waals surface area contributed by atoms with E-state index in [1.54, 1.807) is 0 Å². The molecule has 0 aromatic heterocycles. The van der Waals surface area contributed by atoms with Gasteiger partial charge < -0.3 is 10.2 Å². The van der Waals surface area contributed by atoms with Crippen LogP contribution in [-0.2, 0) is 10.2 Å². The van der Waals surface area contributed by atoms with Crippen molar-refractivity contribution in [2.75, 3.05) is 11.4 Å². The number of anilines is 1. The van der Waals surface area contributed by atoms with E-state index in [-0.39, 0.29) is 11.3 Å². The van der Waals surface area contributed by atoms with Crippen molar-refractivity contribution in [3.05, 3.63) is 70.8 Å². The number of carbonyl (C=O) groups excluding carboxylic acids is 1. The Morgan fingerprint density at radius 3 is 2.58 bits per heavy atom. The van der Waals surface area contributed by atoms with Crippen LogP contribution < -0.4 is 10.2 Å². The lowest BCUT2D eigenvalue weighted by Gasteiger charge is -2.40. The fourth-order valence-electron chi connectivity index (χ4n) is 3.93. The molecule has 0 spiro atoms. The summed E-state index contributed by atoms with van der Waals surface area (Å²) in [7, 11) is 0. The monoisotopic (exact) mass is 338 g/mol. The van der Waals surface area contributed by atoms with E-state index in [9.17, 15) is 4.79 Å². The third-order valence-electron chi connectivity index (χ3n) is 5.27. The number of amides is 1. The zero-order chi connectivity index (χ0) is 16.9. The lowest BCUT2D eigenvalue weighted by atomic mass is 9.75. The molecule has 0 bridgehead atoms. The quantitative estimate of drug-likeness (QED) is 0.898. The van der Waals surface area contributed by atoms with E-state index in [2.05, 4.69) is 54.4 Å². The van der Waals surface area contributed by atoms with Crippen LogP contribution in [0.5, 0.6) is 0 Å². The van der Waals surface area contributed by atoms with Crippen LogP contribution in [0.1, 0.15) is 25.0 Å². The van der Waals surface area contributed by atoms with Gasteiger partial charge >= 0.3 is 0 Å². The van der Waals surface area contributed by atoms with Crippen LogP contribution in [0.4, 0.5) is 5.69 Å². The highest BCUT2D eigenvalue weighted by Gasteiger charge is 2.59. The molecule has 0 aliphatic carbocycles. The van der Waals surface area contributed by atoms with Gasteiger partial charge in [0, 0.05) is 16.1 Å². The van der Waals surface area contributed by atoms with E-state index < -0.39 is 5.66 Å². The summed E-state index contributed by atoms with van der Waals surface area (Å²) in [5, 5.41) is 3.94. The second kappa shape index (κ2) is 5.12. The Labute approximate surface area is 146 Å². The Kier molecular flexibility index (Phi) is 3.26. The molecule has 1 atom stereocenters. The third-order valence-corrected chi connectivity index (χ3v) is 5.52. The summed E-state index contributed by atoms with van der Waals surface area (Å²) >= 11 is 5.96. The molecule has 2 aromatic rings. The van der Waals surface area contributed by atoms with Gasteiger partial charge in [-0.05, 0) is 35.4 Å². The van der Waals surface area contributed by atoms with Crippen LogP contribution in [0, 0.1) is 0 Å². The van der Waals surface area contributed by atoms with Crippen molar-refractivity contribution < 1.29 is 4.79 Å². The summed E-state index contributed by atoms with van der Waals surface area (Å²) in [6.45, 7) is 4.75. The highest BCUT2D eigenvalue weighted by Crippen LogP contribution is 2.52. The second-order valence-corrected chi connectivity index (χ2v) is 7.36. The first-order valence-corrected chi connectivity index (χ1v) is 8.45. The molecular weight excluding hydrogens is 320 g/mol. The third kappa shape index (κ3) is 2.01. The molecule has 1 amide bonds. The van der Waals surface area contributed by atoms with Gasteiger partial charge in [-0.15, -0.1) is 0 Å². The lowest BCUT2D eigenvalue weighted by Crippen LogP contribution is -2.58. The predicted octanol–water partition coefficient (Wildman–Crippen LogP) is 3.98. The SMILES string of the molecule is CC1(C)c2ccccc2N2CC(=O)NC21C=Cc1ccc(Cl)cc1. The molecule has 1 fully saturated rings. The van der Waals surface area contributed by atoms with E-state index in [4.69, 9.17) is 11.6 Å². The minimum absolute atomic E-state index is 0.0540. The summed E-state index contributed by atoms with van der Waals surface area (Å²) in [6, 6.07) is 16.0. The lowest BCUT2D eigenvalue weighted by molar-refractivity contribution is -0.118. The number of benzene rings is 2. The van der Waals surface area contributed by atoms with E-state index in [1.165, 1.54) is 5.56 Å². The molecule has 24 heavy (non-hydrogen) atoms. The average molecular weight is 339 g/mol. The molecule has 1 saturated heterocycles. The summed E-state index contributed by atoms with van der Waals surface area (Å²) in [4.78, 5) is 14.4. The number of hydrogen-bond donors (Lipinski definition) is 1. The maximum atomic E-state index is 12.2. The standard InChI is InChI=1S/C20H19ClN2O/c1-19(2)16-5-3-4-6-17(16)23-13-18(24)22-20(19,23)12-11-14-7-9-15(21)10-8-14/h3-12H,13H2,1-2H3,(H,22,24). The van der Waals surface area contributed by atoms with Crippen LogP contribution in [0.25, 0.3) is 6.08 Å². The van der Waals surface area contributed by atoms with Crippen molar-refractivity contribution >= 4 is 29.3 Å². The maximum Gasteiger partial charge on any atom is 0.241 e. The summed E-state index contributed by atoms with van der Waals surface area (Å²) in [6.07, 6.45) is 4.17. The molecule has 2 heterocycles. The molecule has 2 aliphatic rings. The van der Waals surface area contributed by atoms with Crippen LogP contribution in [0.2, 0.25) is 5.02 Å². The van der Waals surface area contributed by atoms with Gasteiger partial charge in [0.1, 0.15) is 5.66 Å². The molecular formula is C20H19ClN2O. The molecule has 1 unspecified atom stereocenters. The molecule has 4 heteroatoms. The molecule has 122 valence electrons. The topological polar surface area (TPSA) is 32.3 Å². The normalized spacial score (nSPS) is 24.1. The summed E-state index contributed by atoms with van der Waals surface area (Å²) in [5.74, 6) is 0.0540. The van der Waals surface area contributed by atoms with Gasteiger partial charge in [0.05, 0.1) is 6.54 Å². The van der Waals surface area contributed by atoms with Crippen molar-refractivity contribution in [2.45, 2.75) is 24.9 Å². The number of hydrogen-bond acceptors (Lipinski definition) is 2. The van der Waals surface area contributed by atoms with Gasteiger partial charge in [-0.1, -0.05) is 61.9 Å². The van der Waals surface area contributed by atoms with Crippen molar-refractivity contribution in [3.8, 4) is 0 Å². The van der Waals surface area contributed by atoms with Crippen LogP contribution >= 0.6 is 11.6 Å². The van der Waals surface area contributed by atoms with Gasteiger partial charge in [0.2, 0.25) is 5.91 Å². The summed E-state index contributed by atoms with van der Waals surface area (Å²) in [5.41, 5.74) is 2.65. The van der Waals surface area contributed by atoms with Crippen LogP contribution in [0.3, 0.4) is 0 Å². The molecule has 2 aromatic carbocycles. The minimum atomic E-state index is -0.548. The maximum absolute atomic E-state index is 12.2. The smallest absolute Gasteiger partial charge is 0.241 e. The number of nitrogens with zero attached hydrogens (tertiary/aromatic N) is 1. The van der Waals surface area contributed by atoms with E-state index in [0.29, 0.717) is 6.54 Å². The van der Waals surface area contributed by atoms with E-state index in [1.807, 2.05) is 30.3 Å². The first-order valence-electron chi connectivity index (χ1n) is 8.07. The largest absolute Gasteiger partial charge is 0.335 e. The van der Waals surface area contributed by atoms with Crippen molar-refractivity contribution in [3.63, 3.8) is 0 Å². The van der Waals surface area contributed by atoms with Gasteiger partial charge in [-0.2, -0.15) is 0 Å². The number of halogens is 1. The predicted molar refractivity (Wildman–Crippen MR) is 98.2 cm³/mol. The molecule has 1 N–H and O–H groups in total. The van der Waals surface area contributed by atoms with Gasteiger partial charge in [0.15, 0.2) is 0 Å². The molecule has 4 rings (SSSR count). The van der Waals surface area contributed by atoms with Gasteiger partial charge in [-0.3, -0.25) is 4.79 Å². The highest BCUT2D eigenvalue weighted by atomic mass is 35.5. The van der Waals surface area contributed by atoms with Gasteiger partial charge in [0.25, 0.3) is 0 Å². The van der Waals surface area contributed by atoms with Crippen LogP contribution in [0.15, 0.2) is 54.6 Å². The fourth-order valence-corrected chi connectivity index (χ4v) is 4.06. The Morgan fingerprint density at radius 2 is 1.83 bits per heavy atom. The van der Waals surface area contributed by atoms with E-state index >= 15 is 0 Å². The number of para-hydroxylation sites is 1. The number of nitrogens with one attached hydrogen (secondary N) is 1. The molecule has 3 nitrogen and oxygen atoms in total. The van der Waals surface area contributed by atoms with Crippen molar-refractivity contribution in [1.29, 1.82) is 0 Å². The zero-order valence-corrected chi connectivity index (χ0v) is 14.5. The number of carbonyl (C=O) groups is 1. The fraction of sp³-hybridized carbons (Fsp3) is 0.250. The first kappa shape index (κ1) is 15.3. The Morgan fingerprint density at radius 1 is 1.12 bits per heavy atom. The number of rotatable bonds is 2. The highest BCUT2D eigenvalue weighted by molar-refractivity contribution is 6.30. The zero-order valence-electron chi connectivity index (χ0n) is 13.7. The second-order valence-electron chi connectivity index (χ2n) is 6.93. The molecule has 0 radical (unpaired) electrons. The molecule has 0 saturated carbocycles. The van der Waals surface area contributed by atoms with Crippen molar-refractivity contribution in [1.82, 2.24) is 5.32 Å². The Hall–Kier alpha value is -2.26. The summed E-state index contributed by atoms with van der Waals surface area (Å²) < 4.78 is 0. The van der Waals surface area contributed by atoms with Gasteiger partial charge in [-0.25, -0.2) is 0 Å². The Bertz CT molecular complexity index is 841. The Balaban J connectivity index is 1.82. The van der Waals surface area contributed by atoms with Crippen molar-refractivity contribution in [2.24, 2.45) is 0 Å². The molecule has 2 aliphatic heterocycles. The van der Waals surface area contributed by atoms with E-state index in [0.717, 1.165) is 16.3 Å². The average Bonchev–Trinajstić information content (AvgIpc) is 2.99. The minimum Gasteiger partial charge on any atom is -0.335 e. The first-order chi connectivity index (χ1) is 11.4. The number of fused-ring (bicyclic) bond motifs is 3.